The summed E-state index contributed by atoms with van der Waals surface area (Å²) < 4.78 is 25.5. The second-order valence-electron chi connectivity index (χ2n) is 2.69. The number of phenolic OH excluding ortho intramolecular Hbond substituents is 1. The smallest absolute Gasteiger partial charge is 0.257 e. The van der Waals surface area contributed by atoms with Gasteiger partial charge in [0.25, 0.3) is 6.43 Å². The number of halogens is 5. The lowest BCUT2D eigenvalue weighted by atomic mass is 10.1. The maximum Gasteiger partial charge on any atom is 0.257 e. The molecule has 86 valence electrons. The van der Waals surface area contributed by atoms with Crippen LogP contribution in [-0.2, 0) is 0 Å². The third-order valence-corrected chi connectivity index (χ3v) is 2.75. The summed E-state index contributed by atoms with van der Waals surface area (Å²) >= 11 is 6.16. The SMILES string of the molecule is Cl.N[C@H](c1cc(Br)cc(Br)c1O)C(F)F. The Balaban J connectivity index is 0.00000196. The molecule has 1 aromatic rings. The molecule has 1 atom stereocenters. The third-order valence-electron chi connectivity index (χ3n) is 1.69. The Labute approximate surface area is 109 Å². The van der Waals surface area contributed by atoms with Crippen molar-refractivity contribution in [3.63, 3.8) is 0 Å². The first-order chi connectivity index (χ1) is 6.43. The van der Waals surface area contributed by atoms with Crippen molar-refractivity contribution in [1.29, 1.82) is 0 Å². The molecular weight excluding hydrogens is 359 g/mol. The first-order valence-electron chi connectivity index (χ1n) is 3.65. The molecule has 2 nitrogen and oxygen atoms in total. The van der Waals surface area contributed by atoms with Crippen LogP contribution in [0.2, 0.25) is 0 Å². The normalized spacial score (nSPS) is 12.4. The molecule has 0 amide bonds. The van der Waals surface area contributed by atoms with E-state index in [1.165, 1.54) is 6.07 Å². The molecule has 0 aromatic heterocycles. The second kappa shape index (κ2) is 5.98. The zero-order valence-corrected chi connectivity index (χ0v) is 11.2. The van der Waals surface area contributed by atoms with Crippen LogP contribution in [0.15, 0.2) is 21.1 Å². The summed E-state index contributed by atoms with van der Waals surface area (Å²) in [4.78, 5) is 0. The highest BCUT2D eigenvalue weighted by Gasteiger charge is 2.22. The molecule has 7 heteroatoms. The highest BCUT2D eigenvalue weighted by molar-refractivity contribution is 9.11. The van der Waals surface area contributed by atoms with Gasteiger partial charge in [-0.25, -0.2) is 8.78 Å². The van der Waals surface area contributed by atoms with Gasteiger partial charge in [0, 0.05) is 10.0 Å². The van der Waals surface area contributed by atoms with Crippen molar-refractivity contribution in [3.8, 4) is 5.75 Å². The number of hydrogen-bond acceptors (Lipinski definition) is 2. The minimum atomic E-state index is -2.71. The van der Waals surface area contributed by atoms with E-state index in [0.29, 0.717) is 8.95 Å². The molecule has 0 aliphatic carbocycles. The second-order valence-corrected chi connectivity index (χ2v) is 4.46. The van der Waals surface area contributed by atoms with Crippen LogP contribution in [-0.4, -0.2) is 11.5 Å². The Morgan fingerprint density at radius 3 is 2.27 bits per heavy atom. The number of phenols is 1. The summed E-state index contributed by atoms with van der Waals surface area (Å²) in [7, 11) is 0. The molecule has 0 spiro atoms. The van der Waals surface area contributed by atoms with Crippen molar-refractivity contribution in [2.75, 3.05) is 0 Å². The molecule has 1 aromatic carbocycles. The van der Waals surface area contributed by atoms with E-state index in [4.69, 9.17) is 5.73 Å². The lowest BCUT2D eigenvalue weighted by Crippen LogP contribution is -2.19. The summed E-state index contributed by atoms with van der Waals surface area (Å²) in [5, 5.41) is 9.46. The number of benzene rings is 1. The van der Waals surface area contributed by atoms with Crippen molar-refractivity contribution in [1.82, 2.24) is 0 Å². The molecule has 0 bridgehead atoms. The van der Waals surface area contributed by atoms with Gasteiger partial charge < -0.3 is 10.8 Å². The Morgan fingerprint density at radius 2 is 1.80 bits per heavy atom. The summed E-state index contributed by atoms with van der Waals surface area (Å²) in [6, 6.07) is 1.44. The maximum atomic E-state index is 12.3. The number of rotatable bonds is 2. The fraction of sp³-hybridized carbons (Fsp3) is 0.250. The summed E-state index contributed by atoms with van der Waals surface area (Å²) in [5.74, 6) is -0.249. The molecule has 1 rings (SSSR count). The van der Waals surface area contributed by atoms with Crippen molar-refractivity contribution < 1.29 is 13.9 Å². The van der Waals surface area contributed by atoms with Gasteiger partial charge in [-0.3, -0.25) is 0 Å². The van der Waals surface area contributed by atoms with Crippen molar-refractivity contribution in [3.05, 3.63) is 26.6 Å². The molecule has 0 fully saturated rings. The fourth-order valence-electron chi connectivity index (χ4n) is 0.976. The van der Waals surface area contributed by atoms with Gasteiger partial charge in [0.15, 0.2) is 0 Å². The highest BCUT2D eigenvalue weighted by Crippen LogP contribution is 2.36. The van der Waals surface area contributed by atoms with Gasteiger partial charge in [-0.1, -0.05) is 15.9 Å². The topological polar surface area (TPSA) is 46.2 Å². The Bertz CT molecular complexity index is 352. The standard InChI is InChI=1S/C8H7Br2F2NO.ClH/c9-3-1-4(6(13)8(11)12)7(14)5(10)2-3;/h1-2,6,8,14H,13H2;1H/t6-;/m1./s1. The number of alkyl halides is 2. The quantitative estimate of drug-likeness (QED) is 0.839. The van der Waals surface area contributed by atoms with Gasteiger partial charge >= 0.3 is 0 Å². The zero-order chi connectivity index (χ0) is 10.9. The lowest BCUT2D eigenvalue weighted by molar-refractivity contribution is 0.115. The molecule has 3 N–H and O–H groups in total. The highest BCUT2D eigenvalue weighted by atomic mass is 79.9. The fourth-order valence-corrected chi connectivity index (χ4v) is 2.23. The van der Waals surface area contributed by atoms with Gasteiger partial charge in [0.05, 0.1) is 10.5 Å². The van der Waals surface area contributed by atoms with Crippen LogP contribution in [0.4, 0.5) is 8.78 Å². The van der Waals surface area contributed by atoms with Crippen LogP contribution >= 0.6 is 44.3 Å². The summed E-state index contributed by atoms with van der Waals surface area (Å²) in [5.41, 5.74) is 5.24. The number of hydrogen-bond donors (Lipinski definition) is 2. The largest absolute Gasteiger partial charge is 0.506 e. The van der Waals surface area contributed by atoms with Crippen molar-refractivity contribution in [2.24, 2.45) is 5.73 Å². The van der Waals surface area contributed by atoms with E-state index in [1.54, 1.807) is 6.07 Å². The molecule has 0 heterocycles. The van der Waals surface area contributed by atoms with E-state index in [-0.39, 0.29) is 23.7 Å². The van der Waals surface area contributed by atoms with Crippen LogP contribution in [0, 0.1) is 0 Å². The average molecular weight is 367 g/mol. The van der Waals surface area contributed by atoms with E-state index in [9.17, 15) is 13.9 Å². The maximum absolute atomic E-state index is 12.3. The van der Waals surface area contributed by atoms with E-state index >= 15 is 0 Å². The first-order valence-corrected chi connectivity index (χ1v) is 5.23. The van der Waals surface area contributed by atoms with Crippen LogP contribution in [0.3, 0.4) is 0 Å². The molecule has 0 unspecified atom stereocenters. The van der Waals surface area contributed by atoms with Gasteiger partial charge in [-0.15, -0.1) is 12.4 Å². The summed E-state index contributed by atoms with van der Waals surface area (Å²) in [6.45, 7) is 0. The van der Waals surface area contributed by atoms with Gasteiger partial charge in [-0.05, 0) is 28.1 Å². The molecule has 0 aliphatic heterocycles. The zero-order valence-electron chi connectivity index (χ0n) is 7.25. The van der Waals surface area contributed by atoms with E-state index in [2.05, 4.69) is 31.9 Å². The molecule has 0 saturated carbocycles. The minimum absolute atomic E-state index is 0. The van der Waals surface area contributed by atoms with Crippen LogP contribution < -0.4 is 5.73 Å². The predicted octanol–water partition coefficient (Wildman–Crippen LogP) is 3.60. The minimum Gasteiger partial charge on any atom is -0.506 e. The summed E-state index contributed by atoms with van der Waals surface area (Å²) in [6.07, 6.45) is -2.71. The van der Waals surface area contributed by atoms with Gasteiger partial charge in [-0.2, -0.15) is 0 Å². The van der Waals surface area contributed by atoms with E-state index < -0.39 is 12.5 Å². The average Bonchev–Trinajstić information content (AvgIpc) is 2.09. The predicted molar refractivity (Wildman–Crippen MR) is 63.7 cm³/mol. The van der Waals surface area contributed by atoms with Crippen LogP contribution in [0.5, 0.6) is 5.75 Å². The van der Waals surface area contributed by atoms with Gasteiger partial charge in [0.1, 0.15) is 5.75 Å². The molecule has 15 heavy (non-hydrogen) atoms. The molecule has 0 saturated heterocycles. The third kappa shape index (κ3) is 3.55. The van der Waals surface area contributed by atoms with E-state index in [1.807, 2.05) is 0 Å². The monoisotopic (exact) mass is 365 g/mol. The van der Waals surface area contributed by atoms with Crippen molar-refractivity contribution in [2.45, 2.75) is 12.5 Å². The Morgan fingerprint density at radius 1 is 1.27 bits per heavy atom. The first kappa shape index (κ1) is 15.1. The van der Waals surface area contributed by atoms with Gasteiger partial charge in [0.2, 0.25) is 0 Å². The van der Waals surface area contributed by atoms with Crippen LogP contribution in [0.25, 0.3) is 0 Å². The number of aromatic hydroxyl groups is 1. The lowest BCUT2D eigenvalue weighted by Gasteiger charge is -2.13. The number of nitrogens with two attached hydrogens (primary N) is 1. The Hall–Kier alpha value is 0.0900. The molecular formula is C8H8Br2ClF2NO. The van der Waals surface area contributed by atoms with E-state index in [0.717, 1.165) is 0 Å². The van der Waals surface area contributed by atoms with Crippen molar-refractivity contribution >= 4 is 44.3 Å². The molecule has 0 radical (unpaired) electrons. The van der Waals surface area contributed by atoms with Crippen LogP contribution in [0.1, 0.15) is 11.6 Å². The Kier molecular flexibility index (Phi) is 6.02. The molecule has 0 aliphatic rings.